The number of carbonyl (C=O) groups excluding carboxylic acids is 2. The Morgan fingerprint density at radius 1 is 1.09 bits per heavy atom. The van der Waals surface area contributed by atoms with E-state index in [2.05, 4.69) is 10.5 Å². The predicted octanol–water partition coefficient (Wildman–Crippen LogP) is 4.37. The highest BCUT2D eigenvalue weighted by atomic mass is 16.5. The first-order valence-corrected chi connectivity index (χ1v) is 10.6. The Bertz CT molecular complexity index is 1040. The number of benzene rings is 2. The van der Waals surface area contributed by atoms with Crippen LogP contribution in [0.2, 0.25) is 0 Å². The zero-order valence-electron chi connectivity index (χ0n) is 18.5. The molecule has 0 aliphatic heterocycles. The topological polar surface area (TPSA) is 102 Å². The molecule has 1 aromatic heterocycles. The fraction of sp³-hybridized carbons (Fsp3) is 0.320. The zero-order valence-corrected chi connectivity index (χ0v) is 18.5. The summed E-state index contributed by atoms with van der Waals surface area (Å²) in [6.07, 6.45) is 0.863. The lowest BCUT2D eigenvalue weighted by atomic mass is 9.83. The van der Waals surface area contributed by atoms with Crippen LogP contribution in [0.3, 0.4) is 0 Å². The normalized spacial score (nSPS) is 12.2. The fourth-order valence-electron chi connectivity index (χ4n) is 3.58. The Kier molecular flexibility index (Phi) is 7.30. The molecule has 0 radical (unpaired) electrons. The molecule has 3 aromatic rings. The van der Waals surface area contributed by atoms with Crippen molar-refractivity contribution in [2.75, 3.05) is 6.61 Å². The maximum Gasteiger partial charge on any atom is 0.311 e. The second-order valence-corrected chi connectivity index (χ2v) is 8.30. The monoisotopic (exact) mass is 436 g/mol. The van der Waals surface area contributed by atoms with Gasteiger partial charge in [0.25, 0.3) is 11.8 Å². The summed E-state index contributed by atoms with van der Waals surface area (Å²) in [5, 5.41) is 15.6. The first kappa shape index (κ1) is 23.1. The Morgan fingerprint density at radius 2 is 1.75 bits per heavy atom. The van der Waals surface area contributed by atoms with Gasteiger partial charge in [0, 0.05) is 6.04 Å². The number of amides is 1. The molecule has 0 aliphatic rings. The van der Waals surface area contributed by atoms with Gasteiger partial charge in [-0.3, -0.25) is 9.59 Å². The highest BCUT2D eigenvalue weighted by Gasteiger charge is 2.33. The van der Waals surface area contributed by atoms with E-state index < -0.39 is 11.3 Å². The maximum atomic E-state index is 12.6. The van der Waals surface area contributed by atoms with E-state index in [1.54, 1.807) is 20.8 Å². The lowest BCUT2D eigenvalue weighted by molar-refractivity contribution is -0.154. The SMILES string of the molecule is CCOC(=O)C(C)(C)CC(Cc1ccc(-c2ccccc2)cc1)NC(=O)c1cc(O)no1. The van der Waals surface area contributed by atoms with Gasteiger partial charge in [-0.2, -0.15) is 0 Å². The average Bonchev–Trinajstić information content (AvgIpc) is 3.21. The fourth-order valence-corrected chi connectivity index (χ4v) is 3.58. The Hall–Kier alpha value is -3.61. The van der Waals surface area contributed by atoms with Crippen molar-refractivity contribution >= 4 is 11.9 Å². The van der Waals surface area contributed by atoms with Crippen LogP contribution in [0.25, 0.3) is 11.1 Å². The molecule has 7 heteroatoms. The molecule has 0 bridgehead atoms. The van der Waals surface area contributed by atoms with Crippen molar-refractivity contribution in [3.8, 4) is 17.0 Å². The van der Waals surface area contributed by atoms with Crippen LogP contribution in [0, 0.1) is 5.41 Å². The molecule has 0 saturated carbocycles. The number of ether oxygens (including phenoxy) is 1. The van der Waals surface area contributed by atoms with Gasteiger partial charge in [0.1, 0.15) is 0 Å². The molecule has 2 aromatic carbocycles. The van der Waals surface area contributed by atoms with Gasteiger partial charge in [0.2, 0.25) is 5.76 Å². The van der Waals surface area contributed by atoms with Gasteiger partial charge >= 0.3 is 5.97 Å². The van der Waals surface area contributed by atoms with E-state index in [-0.39, 0.29) is 30.3 Å². The molecule has 1 atom stereocenters. The lowest BCUT2D eigenvalue weighted by Gasteiger charge is -2.28. The van der Waals surface area contributed by atoms with Crippen LogP contribution >= 0.6 is 0 Å². The van der Waals surface area contributed by atoms with Crippen LogP contribution in [0.4, 0.5) is 0 Å². The number of hydrogen-bond acceptors (Lipinski definition) is 6. The van der Waals surface area contributed by atoms with Crippen molar-refractivity contribution < 1.29 is 24.0 Å². The molecule has 0 fully saturated rings. The molecular formula is C25H28N2O5. The first-order chi connectivity index (χ1) is 15.3. The Morgan fingerprint density at radius 3 is 2.34 bits per heavy atom. The second-order valence-electron chi connectivity index (χ2n) is 8.30. The number of nitrogens with one attached hydrogen (secondary N) is 1. The van der Waals surface area contributed by atoms with Crippen LogP contribution in [-0.2, 0) is 16.0 Å². The second kappa shape index (κ2) is 10.1. The van der Waals surface area contributed by atoms with E-state index >= 15 is 0 Å². The summed E-state index contributed by atoms with van der Waals surface area (Å²) in [7, 11) is 0. The molecule has 1 unspecified atom stereocenters. The third-order valence-corrected chi connectivity index (χ3v) is 5.18. The number of rotatable bonds is 9. The van der Waals surface area contributed by atoms with E-state index in [9.17, 15) is 14.7 Å². The summed E-state index contributed by atoms with van der Waals surface area (Å²) in [6, 6.07) is 18.9. The third-order valence-electron chi connectivity index (χ3n) is 5.18. The number of carbonyl (C=O) groups is 2. The van der Waals surface area contributed by atoms with E-state index in [1.165, 1.54) is 0 Å². The largest absolute Gasteiger partial charge is 0.491 e. The van der Waals surface area contributed by atoms with Gasteiger partial charge in [0.05, 0.1) is 18.1 Å². The Labute approximate surface area is 187 Å². The number of aromatic nitrogens is 1. The molecule has 1 heterocycles. The van der Waals surface area contributed by atoms with Gasteiger partial charge in [-0.1, -0.05) is 54.6 Å². The van der Waals surface area contributed by atoms with E-state index in [1.807, 2.05) is 54.6 Å². The quantitative estimate of drug-likeness (QED) is 0.483. The van der Waals surface area contributed by atoms with Gasteiger partial charge in [-0.05, 0) is 55.5 Å². The van der Waals surface area contributed by atoms with E-state index in [4.69, 9.17) is 9.26 Å². The molecule has 0 spiro atoms. The molecule has 0 saturated heterocycles. The highest BCUT2D eigenvalue weighted by molar-refractivity contribution is 5.91. The summed E-state index contributed by atoms with van der Waals surface area (Å²) >= 11 is 0. The van der Waals surface area contributed by atoms with Crippen molar-refractivity contribution in [2.24, 2.45) is 5.41 Å². The van der Waals surface area contributed by atoms with Crippen molar-refractivity contribution in [3.05, 3.63) is 72.0 Å². The summed E-state index contributed by atoms with van der Waals surface area (Å²) in [5.74, 6) is -1.30. The molecule has 1 amide bonds. The maximum absolute atomic E-state index is 12.6. The molecule has 168 valence electrons. The predicted molar refractivity (Wildman–Crippen MR) is 120 cm³/mol. The standard InChI is InChI=1S/C25H28N2O5/c1-4-31-24(30)25(2,3)16-20(26-23(29)21-15-22(28)27-32-21)14-17-10-12-19(13-11-17)18-8-6-5-7-9-18/h5-13,15,20H,4,14,16H2,1-3H3,(H,26,29)(H,27,28). The first-order valence-electron chi connectivity index (χ1n) is 10.6. The van der Waals surface area contributed by atoms with Crippen molar-refractivity contribution in [3.63, 3.8) is 0 Å². The summed E-state index contributed by atoms with van der Waals surface area (Å²) in [6.45, 7) is 5.64. The van der Waals surface area contributed by atoms with Crippen LogP contribution in [0.15, 0.2) is 65.2 Å². The van der Waals surface area contributed by atoms with Crippen molar-refractivity contribution in [1.29, 1.82) is 0 Å². The summed E-state index contributed by atoms with van der Waals surface area (Å²) in [4.78, 5) is 25.0. The zero-order chi connectivity index (χ0) is 23.1. The third kappa shape index (κ3) is 5.97. The van der Waals surface area contributed by atoms with Gasteiger partial charge in [-0.25, -0.2) is 0 Å². The minimum absolute atomic E-state index is 0.0964. The minimum Gasteiger partial charge on any atom is -0.491 e. The summed E-state index contributed by atoms with van der Waals surface area (Å²) in [5.41, 5.74) is 2.42. The van der Waals surface area contributed by atoms with Gasteiger partial charge in [-0.15, -0.1) is 0 Å². The molecule has 32 heavy (non-hydrogen) atoms. The average molecular weight is 437 g/mol. The number of hydrogen-bond donors (Lipinski definition) is 2. The smallest absolute Gasteiger partial charge is 0.311 e. The number of esters is 1. The van der Waals surface area contributed by atoms with Gasteiger partial charge < -0.3 is 19.7 Å². The molecule has 7 nitrogen and oxygen atoms in total. The van der Waals surface area contributed by atoms with Crippen LogP contribution < -0.4 is 5.32 Å². The van der Waals surface area contributed by atoms with Crippen LogP contribution in [0.5, 0.6) is 5.88 Å². The van der Waals surface area contributed by atoms with Gasteiger partial charge in [0.15, 0.2) is 0 Å². The van der Waals surface area contributed by atoms with Crippen molar-refractivity contribution in [2.45, 2.75) is 39.7 Å². The lowest BCUT2D eigenvalue weighted by Crippen LogP contribution is -2.42. The molecule has 0 aliphatic carbocycles. The summed E-state index contributed by atoms with van der Waals surface area (Å²) < 4.78 is 10.1. The number of nitrogens with zero attached hydrogens (tertiary/aromatic N) is 1. The molecule has 2 N–H and O–H groups in total. The van der Waals surface area contributed by atoms with E-state index in [0.29, 0.717) is 12.8 Å². The molecular weight excluding hydrogens is 408 g/mol. The van der Waals surface area contributed by atoms with Crippen molar-refractivity contribution in [1.82, 2.24) is 10.5 Å². The van der Waals surface area contributed by atoms with Crippen LogP contribution in [0.1, 0.15) is 43.3 Å². The van der Waals surface area contributed by atoms with E-state index in [0.717, 1.165) is 22.8 Å². The molecule has 3 rings (SSSR count). The minimum atomic E-state index is -0.804. The number of aromatic hydroxyl groups is 1. The highest BCUT2D eigenvalue weighted by Crippen LogP contribution is 2.27. The van der Waals surface area contributed by atoms with Crippen LogP contribution in [-0.4, -0.2) is 34.8 Å². The Balaban J connectivity index is 1.78.